The molecule has 0 aromatic heterocycles. The van der Waals surface area contributed by atoms with Crippen LogP contribution >= 0.6 is 0 Å². The van der Waals surface area contributed by atoms with E-state index in [0.29, 0.717) is 12.8 Å². The zero-order chi connectivity index (χ0) is 56.4. The molecule has 0 aliphatic carbocycles. The van der Waals surface area contributed by atoms with E-state index < -0.39 is 6.10 Å². The van der Waals surface area contributed by atoms with Crippen LogP contribution in [0.1, 0.15) is 245 Å². The molecule has 0 heterocycles. The Bertz CT molecular complexity index is 1810. The van der Waals surface area contributed by atoms with E-state index in [9.17, 15) is 14.4 Å². The Labute approximate surface area is 479 Å². The Balaban J connectivity index is 4.52. The molecular formula is C72H112O6. The summed E-state index contributed by atoms with van der Waals surface area (Å²) in [7, 11) is 0. The van der Waals surface area contributed by atoms with Gasteiger partial charge < -0.3 is 14.2 Å². The van der Waals surface area contributed by atoms with Gasteiger partial charge in [-0.05, 0) is 148 Å². The third kappa shape index (κ3) is 61.6. The molecule has 0 saturated carbocycles. The number of carbonyl (C=O) groups excluding carboxylic acids is 3. The maximum Gasteiger partial charge on any atom is 0.306 e. The van der Waals surface area contributed by atoms with Crippen molar-refractivity contribution < 1.29 is 28.6 Å². The molecule has 0 aromatic rings. The van der Waals surface area contributed by atoms with Crippen LogP contribution in [-0.4, -0.2) is 37.2 Å². The van der Waals surface area contributed by atoms with Crippen LogP contribution in [-0.2, 0) is 28.6 Å². The summed E-state index contributed by atoms with van der Waals surface area (Å²) >= 11 is 0. The SMILES string of the molecule is CC/C=C\C/C=C\C/C=C\C/C=C\C/C=C\C/C=C\C/C=C\C/C=C\C/C=C\CCCC(=O)OCC(COC(=O)CCCC/C=C\C/C=C\C/C=C\C/C=C\CC)OC(=O)CCCCCCC/C=C\CCCCCCCCC. The van der Waals surface area contributed by atoms with Crippen LogP contribution in [0.15, 0.2) is 170 Å². The molecule has 0 aromatic carbocycles. The molecule has 0 aliphatic heterocycles. The predicted octanol–water partition coefficient (Wildman–Crippen LogP) is 21.5. The van der Waals surface area contributed by atoms with Crippen LogP contribution in [0.25, 0.3) is 0 Å². The molecule has 6 heteroatoms. The smallest absolute Gasteiger partial charge is 0.306 e. The summed E-state index contributed by atoms with van der Waals surface area (Å²) in [5.74, 6) is -1.04. The van der Waals surface area contributed by atoms with E-state index in [0.717, 1.165) is 135 Å². The van der Waals surface area contributed by atoms with Crippen molar-refractivity contribution in [1.29, 1.82) is 0 Å². The maximum absolute atomic E-state index is 12.9. The van der Waals surface area contributed by atoms with Crippen LogP contribution in [0.3, 0.4) is 0 Å². The Kier molecular flexibility index (Phi) is 60.0. The van der Waals surface area contributed by atoms with Crippen molar-refractivity contribution in [1.82, 2.24) is 0 Å². The van der Waals surface area contributed by atoms with E-state index >= 15 is 0 Å². The summed E-state index contributed by atoms with van der Waals surface area (Å²) < 4.78 is 16.8. The van der Waals surface area contributed by atoms with Gasteiger partial charge in [0.05, 0.1) is 0 Å². The minimum atomic E-state index is -0.833. The van der Waals surface area contributed by atoms with E-state index in [-0.39, 0.29) is 50.4 Å². The monoisotopic (exact) mass is 1070 g/mol. The number of hydrogen-bond acceptors (Lipinski definition) is 6. The predicted molar refractivity (Wildman–Crippen MR) is 338 cm³/mol. The quantitative estimate of drug-likeness (QED) is 0.0261. The summed E-state index contributed by atoms with van der Waals surface area (Å²) in [5.41, 5.74) is 0. The summed E-state index contributed by atoms with van der Waals surface area (Å²) in [4.78, 5) is 38.2. The Morgan fingerprint density at radius 3 is 0.872 bits per heavy atom. The first kappa shape index (κ1) is 72.8. The normalized spacial score (nSPS) is 13.3. The van der Waals surface area contributed by atoms with E-state index in [1.165, 1.54) is 57.8 Å². The molecule has 78 heavy (non-hydrogen) atoms. The van der Waals surface area contributed by atoms with Crippen LogP contribution in [0.2, 0.25) is 0 Å². The Hall–Kier alpha value is -5.23. The van der Waals surface area contributed by atoms with Crippen molar-refractivity contribution in [2.45, 2.75) is 252 Å². The standard InChI is InChI=1S/C72H112O6/c1-4-7-10-13-16-19-22-25-28-30-31-32-33-34-35-36-37-38-39-40-41-42-45-47-50-53-56-59-62-65-71(74)77-68-69(67-76-70(73)64-61-58-55-52-49-46-43-27-24-21-18-15-12-9-6-3)78-72(75)66-63-60-57-54-51-48-44-29-26-23-20-17-14-11-8-5-2/h7,9-10,12,16,18-19,21,25,27-29,31-32,34-35,37-38,40-41,43-45,47,49,52-53,56,69H,4-6,8,11,13-15,17,20,22-24,26,30,33,36,39,42,46,48,50-51,54-55,57-68H2,1-3H3/b10-7-,12-9-,19-16-,21-18-,28-25-,32-31-,35-34-,38-37-,41-40-,43-27-,44-29-,47-45-,52-49-,56-53-. The number of hydrogen-bond donors (Lipinski definition) is 0. The summed E-state index contributed by atoms with van der Waals surface area (Å²) in [5, 5.41) is 0. The molecule has 0 radical (unpaired) electrons. The second-order valence-corrected chi connectivity index (χ2v) is 19.8. The number of rotatable bonds is 54. The highest BCUT2D eigenvalue weighted by Crippen LogP contribution is 2.13. The van der Waals surface area contributed by atoms with Crippen molar-refractivity contribution in [2.24, 2.45) is 0 Å². The van der Waals surface area contributed by atoms with Crippen molar-refractivity contribution in [3.05, 3.63) is 170 Å². The van der Waals surface area contributed by atoms with Gasteiger partial charge in [0, 0.05) is 19.3 Å². The first-order chi connectivity index (χ1) is 38.5. The van der Waals surface area contributed by atoms with Crippen molar-refractivity contribution in [3.63, 3.8) is 0 Å². The maximum atomic E-state index is 12.9. The molecule has 6 nitrogen and oxygen atoms in total. The Morgan fingerprint density at radius 2 is 0.513 bits per heavy atom. The molecule has 0 spiro atoms. The lowest BCUT2D eigenvalue weighted by Gasteiger charge is -2.18. The van der Waals surface area contributed by atoms with Gasteiger partial charge in [-0.15, -0.1) is 0 Å². The molecule has 436 valence electrons. The third-order valence-corrected chi connectivity index (χ3v) is 12.4. The van der Waals surface area contributed by atoms with E-state index in [4.69, 9.17) is 14.2 Å². The van der Waals surface area contributed by atoms with Gasteiger partial charge in [0.25, 0.3) is 0 Å². The second-order valence-electron chi connectivity index (χ2n) is 19.8. The van der Waals surface area contributed by atoms with Crippen LogP contribution < -0.4 is 0 Å². The minimum absolute atomic E-state index is 0.128. The lowest BCUT2D eigenvalue weighted by Crippen LogP contribution is -2.30. The topological polar surface area (TPSA) is 78.9 Å². The van der Waals surface area contributed by atoms with Crippen LogP contribution in [0, 0.1) is 0 Å². The molecule has 0 rings (SSSR count). The van der Waals surface area contributed by atoms with Crippen molar-refractivity contribution in [3.8, 4) is 0 Å². The molecule has 0 aliphatic rings. The van der Waals surface area contributed by atoms with Gasteiger partial charge in [-0.3, -0.25) is 14.4 Å². The zero-order valence-electron chi connectivity index (χ0n) is 49.9. The highest BCUT2D eigenvalue weighted by Gasteiger charge is 2.19. The largest absolute Gasteiger partial charge is 0.462 e. The molecule has 0 fully saturated rings. The zero-order valence-corrected chi connectivity index (χ0v) is 49.9. The first-order valence-electron chi connectivity index (χ1n) is 31.1. The van der Waals surface area contributed by atoms with Crippen LogP contribution in [0.4, 0.5) is 0 Å². The number of ether oxygens (including phenoxy) is 3. The van der Waals surface area contributed by atoms with Gasteiger partial charge in [-0.1, -0.05) is 249 Å². The van der Waals surface area contributed by atoms with Crippen LogP contribution in [0.5, 0.6) is 0 Å². The fourth-order valence-corrected chi connectivity index (χ4v) is 7.84. The second kappa shape index (κ2) is 64.3. The summed E-state index contributed by atoms with van der Waals surface area (Å²) in [6.07, 6.45) is 95.1. The Morgan fingerprint density at radius 1 is 0.269 bits per heavy atom. The highest BCUT2D eigenvalue weighted by molar-refractivity contribution is 5.71. The van der Waals surface area contributed by atoms with Gasteiger partial charge in [0.1, 0.15) is 13.2 Å². The molecular weight excluding hydrogens is 961 g/mol. The molecule has 1 unspecified atom stereocenters. The lowest BCUT2D eigenvalue weighted by molar-refractivity contribution is -0.167. The number of carbonyl (C=O) groups is 3. The lowest BCUT2D eigenvalue weighted by atomic mass is 10.1. The number of esters is 3. The number of unbranched alkanes of at least 4 members (excludes halogenated alkanes) is 15. The minimum Gasteiger partial charge on any atom is -0.462 e. The fraction of sp³-hybridized carbons (Fsp3) is 0.569. The van der Waals surface area contributed by atoms with Gasteiger partial charge in [-0.25, -0.2) is 0 Å². The molecule has 1 atom stereocenters. The average molecular weight is 1070 g/mol. The van der Waals surface area contributed by atoms with Crippen molar-refractivity contribution in [2.75, 3.05) is 13.2 Å². The first-order valence-corrected chi connectivity index (χ1v) is 31.1. The molecule has 0 saturated heterocycles. The summed E-state index contributed by atoms with van der Waals surface area (Å²) in [6.45, 7) is 6.31. The molecule has 0 N–H and O–H groups in total. The van der Waals surface area contributed by atoms with E-state index in [1.54, 1.807) is 0 Å². The third-order valence-electron chi connectivity index (χ3n) is 12.4. The van der Waals surface area contributed by atoms with Gasteiger partial charge in [-0.2, -0.15) is 0 Å². The summed E-state index contributed by atoms with van der Waals surface area (Å²) in [6, 6.07) is 0. The van der Waals surface area contributed by atoms with Gasteiger partial charge >= 0.3 is 17.9 Å². The van der Waals surface area contributed by atoms with Crippen molar-refractivity contribution >= 4 is 17.9 Å². The number of allylic oxidation sites excluding steroid dienone is 28. The highest BCUT2D eigenvalue weighted by atomic mass is 16.6. The van der Waals surface area contributed by atoms with E-state index in [2.05, 4.69) is 191 Å². The van der Waals surface area contributed by atoms with Gasteiger partial charge in [0.15, 0.2) is 6.10 Å². The molecule has 0 bridgehead atoms. The van der Waals surface area contributed by atoms with Gasteiger partial charge in [0.2, 0.25) is 0 Å². The average Bonchev–Trinajstić information content (AvgIpc) is 3.44. The van der Waals surface area contributed by atoms with E-state index in [1.807, 2.05) is 0 Å². The fourth-order valence-electron chi connectivity index (χ4n) is 7.84. The molecule has 0 amide bonds.